The zero-order valence-electron chi connectivity index (χ0n) is 26.6. The quantitative estimate of drug-likeness (QED) is 0.494. The first-order valence-corrected chi connectivity index (χ1v) is 16.2. The van der Waals surface area contributed by atoms with Gasteiger partial charge < -0.3 is 23.8 Å². The van der Waals surface area contributed by atoms with Gasteiger partial charge in [-0.3, -0.25) is 9.69 Å². The Morgan fingerprint density at radius 2 is 1.52 bits per heavy atom. The molecule has 8 nitrogen and oxygen atoms in total. The summed E-state index contributed by atoms with van der Waals surface area (Å²) in [5.74, 6) is 1.98. The number of carbonyl (C=O) groups is 2. The van der Waals surface area contributed by atoms with Gasteiger partial charge in [-0.1, -0.05) is 12.1 Å². The van der Waals surface area contributed by atoms with Crippen molar-refractivity contribution in [3.05, 3.63) is 23.8 Å². The standard InChI is InChI=1S/C33H48BN3O5/c1-30(2,3)40-29(39)35-12-10-33(11-13-35)26-9-8-23(34-41-31(4,5)32(6,7)42-34)16-27(26)37(28(33)38)25-17-24(18-25)36-19-21-14-22(15-21)20-36/h8-9,16,21-22,24-25H,10-15,17-20H2,1-7H3. The third-order valence-electron chi connectivity index (χ3n) is 11.5. The van der Waals surface area contributed by atoms with Gasteiger partial charge in [-0.25, -0.2) is 4.79 Å². The number of carbonyl (C=O) groups excluding carboxylic acids is 2. The average Bonchev–Trinajstić information content (AvgIpc) is 3.23. The lowest BCUT2D eigenvalue weighted by atomic mass is 9.69. The van der Waals surface area contributed by atoms with E-state index in [9.17, 15) is 9.59 Å². The van der Waals surface area contributed by atoms with E-state index < -0.39 is 29.3 Å². The van der Waals surface area contributed by atoms with Gasteiger partial charge in [-0.05, 0) is 116 Å². The first-order valence-electron chi connectivity index (χ1n) is 16.2. The largest absolute Gasteiger partial charge is 0.494 e. The lowest BCUT2D eigenvalue weighted by molar-refractivity contribution is -0.126. The highest BCUT2D eigenvalue weighted by Crippen LogP contribution is 2.52. The van der Waals surface area contributed by atoms with E-state index in [-0.39, 0.29) is 18.0 Å². The third-order valence-corrected chi connectivity index (χ3v) is 11.5. The summed E-state index contributed by atoms with van der Waals surface area (Å²) in [6.07, 6.45) is 5.81. The van der Waals surface area contributed by atoms with Crippen LogP contribution in [0, 0.1) is 11.8 Å². The fourth-order valence-corrected chi connectivity index (χ4v) is 8.25. The van der Waals surface area contributed by atoms with Gasteiger partial charge in [0, 0.05) is 44.0 Å². The summed E-state index contributed by atoms with van der Waals surface area (Å²) in [7, 11) is -0.475. The number of fused-ring (bicyclic) bond motifs is 4. The predicted molar refractivity (Wildman–Crippen MR) is 163 cm³/mol. The first-order chi connectivity index (χ1) is 19.7. The van der Waals surface area contributed by atoms with E-state index in [2.05, 4.69) is 55.7 Å². The summed E-state index contributed by atoms with van der Waals surface area (Å²) >= 11 is 0. The van der Waals surface area contributed by atoms with E-state index in [4.69, 9.17) is 14.0 Å². The second kappa shape index (κ2) is 9.45. The minimum atomic E-state index is -0.611. The van der Waals surface area contributed by atoms with Crippen molar-refractivity contribution in [1.29, 1.82) is 0 Å². The number of hydrogen-bond acceptors (Lipinski definition) is 6. The first kappa shape index (κ1) is 28.7. The molecule has 1 spiro atoms. The van der Waals surface area contributed by atoms with E-state index in [1.807, 2.05) is 20.8 Å². The maximum Gasteiger partial charge on any atom is 0.494 e. The summed E-state index contributed by atoms with van der Waals surface area (Å²) in [6, 6.07) is 7.17. The predicted octanol–water partition coefficient (Wildman–Crippen LogP) is 4.47. The highest BCUT2D eigenvalue weighted by atomic mass is 16.7. The lowest BCUT2D eigenvalue weighted by Gasteiger charge is -2.54. The minimum absolute atomic E-state index is 0.205. The van der Waals surface area contributed by atoms with Crippen LogP contribution in [0.25, 0.3) is 0 Å². The Morgan fingerprint density at radius 3 is 2.10 bits per heavy atom. The zero-order chi connectivity index (χ0) is 29.8. The molecule has 42 heavy (non-hydrogen) atoms. The molecule has 5 aliphatic heterocycles. The van der Waals surface area contributed by atoms with Crippen molar-refractivity contribution < 1.29 is 23.6 Å². The smallest absolute Gasteiger partial charge is 0.444 e. The Hall–Kier alpha value is -2.10. The molecule has 0 aromatic heterocycles. The Morgan fingerprint density at radius 1 is 0.929 bits per heavy atom. The maximum absolute atomic E-state index is 14.6. The van der Waals surface area contributed by atoms with Gasteiger partial charge in [0.05, 0.1) is 16.6 Å². The summed E-state index contributed by atoms with van der Waals surface area (Å²) in [5, 5.41) is 0. The summed E-state index contributed by atoms with van der Waals surface area (Å²) in [6.45, 7) is 17.4. The normalized spacial score (nSPS) is 32.9. The molecule has 2 aliphatic carbocycles. The monoisotopic (exact) mass is 577 g/mol. The van der Waals surface area contributed by atoms with Crippen LogP contribution >= 0.6 is 0 Å². The molecular weight excluding hydrogens is 529 g/mol. The van der Waals surface area contributed by atoms with Crippen LogP contribution < -0.4 is 10.4 Å². The third kappa shape index (κ3) is 4.52. The minimum Gasteiger partial charge on any atom is -0.444 e. The van der Waals surface area contributed by atoms with E-state index in [0.29, 0.717) is 32.0 Å². The number of anilines is 1. The molecular formula is C33H48BN3O5. The highest BCUT2D eigenvalue weighted by Gasteiger charge is 2.57. The second-order valence-electron chi connectivity index (χ2n) is 16.0. The van der Waals surface area contributed by atoms with Crippen molar-refractivity contribution in [3.63, 3.8) is 0 Å². The van der Waals surface area contributed by atoms with Gasteiger partial charge in [-0.15, -0.1) is 0 Å². The molecule has 0 unspecified atom stereocenters. The van der Waals surface area contributed by atoms with Crippen LogP contribution in [0.2, 0.25) is 0 Å². The van der Waals surface area contributed by atoms with E-state index in [1.165, 1.54) is 25.9 Å². The van der Waals surface area contributed by atoms with Crippen molar-refractivity contribution in [2.24, 2.45) is 11.8 Å². The van der Waals surface area contributed by atoms with Crippen LogP contribution in [0.1, 0.15) is 92.6 Å². The second-order valence-corrected chi connectivity index (χ2v) is 16.0. The van der Waals surface area contributed by atoms with Gasteiger partial charge in [0.25, 0.3) is 0 Å². The Labute approximate surface area is 251 Å². The maximum atomic E-state index is 14.6. The number of amides is 2. The molecule has 1 aromatic rings. The van der Waals surface area contributed by atoms with Gasteiger partial charge in [-0.2, -0.15) is 0 Å². The van der Waals surface area contributed by atoms with Crippen molar-refractivity contribution in [2.75, 3.05) is 31.1 Å². The Balaban J connectivity index is 1.15. The van der Waals surface area contributed by atoms with Gasteiger partial charge in [0.2, 0.25) is 5.91 Å². The van der Waals surface area contributed by atoms with E-state index in [1.54, 1.807) is 4.90 Å². The van der Waals surface area contributed by atoms with Crippen molar-refractivity contribution in [1.82, 2.24) is 9.80 Å². The Kier molecular flexibility index (Phi) is 6.45. The summed E-state index contributed by atoms with van der Waals surface area (Å²) < 4.78 is 18.5. The Bertz CT molecular complexity index is 1240. The van der Waals surface area contributed by atoms with Crippen LogP contribution in [-0.4, -0.2) is 84.0 Å². The summed E-state index contributed by atoms with van der Waals surface area (Å²) in [4.78, 5) is 34.0. The molecule has 1 aromatic carbocycles. The fraction of sp³-hybridized carbons (Fsp3) is 0.758. The molecule has 2 saturated carbocycles. The molecule has 0 N–H and O–H groups in total. The number of ether oxygens (including phenoxy) is 1. The molecule has 2 bridgehead atoms. The molecule has 2 amide bonds. The molecule has 5 heterocycles. The number of piperidine rings is 3. The molecule has 9 heteroatoms. The molecule has 0 radical (unpaired) electrons. The molecule has 4 saturated heterocycles. The van der Waals surface area contributed by atoms with Crippen LogP contribution in [0.5, 0.6) is 0 Å². The number of benzene rings is 1. The van der Waals surface area contributed by atoms with Crippen molar-refractivity contribution in [2.45, 2.75) is 121 Å². The van der Waals surface area contributed by atoms with Gasteiger partial charge in [0.15, 0.2) is 0 Å². The number of nitrogens with zero attached hydrogens (tertiary/aromatic N) is 3. The number of rotatable bonds is 3. The summed E-state index contributed by atoms with van der Waals surface area (Å²) in [5.41, 5.74) is 1.05. The van der Waals surface area contributed by atoms with Crippen molar-refractivity contribution >= 4 is 30.3 Å². The highest BCUT2D eigenvalue weighted by molar-refractivity contribution is 6.62. The van der Waals surface area contributed by atoms with E-state index in [0.717, 1.165) is 41.4 Å². The molecule has 0 atom stereocenters. The molecule has 7 aliphatic rings. The zero-order valence-corrected chi connectivity index (χ0v) is 26.6. The topological polar surface area (TPSA) is 71.6 Å². The van der Waals surface area contributed by atoms with Crippen LogP contribution in [0.4, 0.5) is 10.5 Å². The van der Waals surface area contributed by atoms with E-state index >= 15 is 0 Å². The molecule has 6 fully saturated rings. The molecule has 8 rings (SSSR count). The van der Waals surface area contributed by atoms with Crippen LogP contribution in [-0.2, 0) is 24.3 Å². The van der Waals surface area contributed by atoms with Gasteiger partial charge in [0.1, 0.15) is 5.60 Å². The van der Waals surface area contributed by atoms with Crippen molar-refractivity contribution in [3.8, 4) is 0 Å². The lowest BCUT2D eigenvalue weighted by Crippen LogP contribution is -2.61. The number of hydrogen-bond donors (Lipinski definition) is 0. The fourth-order valence-electron chi connectivity index (χ4n) is 8.25. The molecule has 228 valence electrons. The number of likely N-dealkylation sites (tertiary alicyclic amines) is 1. The SMILES string of the molecule is CC(C)(C)OC(=O)N1CCC2(CC1)C(=O)N(C1CC(N3CC4CC(C4)C3)C1)c1cc(B3OC(C)(C)C(C)(C)O3)ccc12. The van der Waals surface area contributed by atoms with Crippen LogP contribution in [0.3, 0.4) is 0 Å². The van der Waals surface area contributed by atoms with Gasteiger partial charge >= 0.3 is 13.2 Å². The average molecular weight is 578 g/mol. The van der Waals surface area contributed by atoms with Crippen LogP contribution in [0.15, 0.2) is 18.2 Å².